The lowest BCUT2D eigenvalue weighted by Gasteiger charge is -2.16. The second-order valence-electron chi connectivity index (χ2n) is 4.79. The second kappa shape index (κ2) is 6.29. The topological polar surface area (TPSA) is 107 Å². The maximum atomic E-state index is 5.49. The third-order valence-electron chi connectivity index (χ3n) is 2.89. The molecule has 8 heteroatoms. The Morgan fingerprint density at radius 1 is 1.25 bits per heavy atom. The van der Waals surface area contributed by atoms with E-state index in [1.54, 1.807) is 11.0 Å². The zero-order valence-electron chi connectivity index (χ0n) is 12.0. The largest absolute Gasteiger partial charge is 0.369 e. The summed E-state index contributed by atoms with van der Waals surface area (Å²) in [7, 11) is 1.85. The van der Waals surface area contributed by atoms with E-state index in [9.17, 15) is 0 Å². The number of hydrogen-bond donors (Lipinski definition) is 3. The first-order valence-electron chi connectivity index (χ1n) is 6.51. The van der Waals surface area contributed by atoms with Crippen LogP contribution in [-0.4, -0.2) is 31.3 Å². The molecule has 108 valence electrons. The van der Waals surface area contributed by atoms with E-state index < -0.39 is 0 Å². The van der Waals surface area contributed by atoms with Crippen LogP contribution >= 0.6 is 0 Å². The van der Waals surface area contributed by atoms with E-state index in [2.05, 4.69) is 44.6 Å². The Labute approximate surface area is 117 Å². The maximum Gasteiger partial charge on any atom is 0.152 e. The highest BCUT2D eigenvalue weighted by molar-refractivity contribution is 5.58. The zero-order valence-corrected chi connectivity index (χ0v) is 12.0. The standard InChI is InChI=1S/C12H20N8/c1-8(2)10-11(15-6-16-12(10)18-13)14-5-4-9-17-7-20(3)19-9/h6-8H,4-5,13H2,1-3H3,(H2,14,15,16,18). The van der Waals surface area contributed by atoms with Crippen LogP contribution in [0, 0.1) is 0 Å². The van der Waals surface area contributed by atoms with E-state index >= 15 is 0 Å². The number of aryl methyl sites for hydroxylation is 1. The SMILES string of the molecule is CC(C)c1c(NN)ncnc1NCCc1ncn(C)n1. The summed E-state index contributed by atoms with van der Waals surface area (Å²) in [6.45, 7) is 4.85. The Balaban J connectivity index is 2.05. The molecule has 0 aromatic carbocycles. The summed E-state index contributed by atoms with van der Waals surface area (Å²) in [4.78, 5) is 12.6. The summed E-state index contributed by atoms with van der Waals surface area (Å²) < 4.78 is 1.69. The summed E-state index contributed by atoms with van der Waals surface area (Å²) in [5.41, 5.74) is 3.59. The van der Waals surface area contributed by atoms with Crippen molar-refractivity contribution in [1.29, 1.82) is 0 Å². The fraction of sp³-hybridized carbons (Fsp3) is 0.500. The smallest absolute Gasteiger partial charge is 0.152 e. The molecule has 8 nitrogen and oxygen atoms in total. The number of anilines is 2. The van der Waals surface area contributed by atoms with Gasteiger partial charge in [-0.2, -0.15) is 5.10 Å². The lowest BCUT2D eigenvalue weighted by molar-refractivity contribution is 0.741. The summed E-state index contributed by atoms with van der Waals surface area (Å²) in [6, 6.07) is 0. The number of rotatable bonds is 6. The molecule has 2 rings (SSSR count). The quantitative estimate of drug-likeness (QED) is 0.526. The number of nitrogens with zero attached hydrogens (tertiary/aromatic N) is 5. The Kier molecular flexibility index (Phi) is 4.46. The molecule has 4 N–H and O–H groups in total. The van der Waals surface area contributed by atoms with Crippen molar-refractivity contribution in [3.8, 4) is 0 Å². The molecule has 0 saturated heterocycles. The van der Waals surface area contributed by atoms with E-state index in [4.69, 9.17) is 5.84 Å². The van der Waals surface area contributed by atoms with Crippen LogP contribution in [0.3, 0.4) is 0 Å². The van der Waals surface area contributed by atoms with Crippen molar-refractivity contribution in [2.45, 2.75) is 26.2 Å². The summed E-state index contributed by atoms with van der Waals surface area (Å²) in [5, 5.41) is 7.52. The normalized spacial score (nSPS) is 10.8. The highest BCUT2D eigenvalue weighted by Crippen LogP contribution is 2.27. The summed E-state index contributed by atoms with van der Waals surface area (Å²) >= 11 is 0. The molecule has 0 spiro atoms. The van der Waals surface area contributed by atoms with Gasteiger partial charge in [0, 0.05) is 25.6 Å². The molecule has 0 radical (unpaired) electrons. The molecule has 0 atom stereocenters. The van der Waals surface area contributed by atoms with Gasteiger partial charge in [0.15, 0.2) is 5.82 Å². The van der Waals surface area contributed by atoms with Gasteiger partial charge >= 0.3 is 0 Å². The van der Waals surface area contributed by atoms with E-state index in [0.717, 1.165) is 23.6 Å². The minimum atomic E-state index is 0.262. The van der Waals surface area contributed by atoms with Crippen molar-refractivity contribution in [1.82, 2.24) is 24.7 Å². The Bertz CT molecular complexity index is 562. The van der Waals surface area contributed by atoms with Crippen molar-refractivity contribution in [3.05, 3.63) is 24.0 Å². The molecule has 0 aliphatic heterocycles. The van der Waals surface area contributed by atoms with Gasteiger partial charge in [-0.05, 0) is 5.92 Å². The minimum absolute atomic E-state index is 0.262. The van der Waals surface area contributed by atoms with Gasteiger partial charge in [0.25, 0.3) is 0 Å². The Morgan fingerprint density at radius 3 is 2.60 bits per heavy atom. The van der Waals surface area contributed by atoms with Crippen molar-refractivity contribution in [2.24, 2.45) is 12.9 Å². The molecule has 0 fully saturated rings. The van der Waals surface area contributed by atoms with Crippen molar-refractivity contribution >= 4 is 11.6 Å². The van der Waals surface area contributed by atoms with Gasteiger partial charge in [-0.1, -0.05) is 13.8 Å². The van der Waals surface area contributed by atoms with Gasteiger partial charge in [0.05, 0.1) is 0 Å². The maximum absolute atomic E-state index is 5.49. The average Bonchev–Trinajstić information content (AvgIpc) is 2.83. The van der Waals surface area contributed by atoms with Crippen LogP contribution in [0.1, 0.15) is 31.2 Å². The molecule has 2 heterocycles. The highest BCUT2D eigenvalue weighted by Gasteiger charge is 2.14. The number of aromatic nitrogens is 5. The van der Waals surface area contributed by atoms with Crippen molar-refractivity contribution in [3.63, 3.8) is 0 Å². The summed E-state index contributed by atoms with van der Waals surface area (Å²) in [6.07, 6.45) is 3.91. The van der Waals surface area contributed by atoms with E-state index in [-0.39, 0.29) is 5.92 Å². The van der Waals surface area contributed by atoms with E-state index in [0.29, 0.717) is 12.4 Å². The molecular weight excluding hydrogens is 256 g/mol. The van der Waals surface area contributed by atoms with E-state index in [1.165, 1.54) is 6.33 Å². The fourth-order valence-electron chi connectivity index (χ4n) is 1.99. The molecule has 0 saturated carbocycles. The molecule has 2 aromatic heterocycles. The number of nitrogen functional groups attached to an aromatic ring is 1. The van der Waals surface area contributed by atoms with Crippen LogP contribution in [0.25, 0.3) is 0 Å². The number of hydrazine groups is 1. The Hall–Kier alpha value is -2.22. The van der Waals surface area contributed by atoms with Crippen LogP contribution in [0.5, 0.6) is 0 Å². The molecule has 0 bridgehead atoms. The number of nitrogens with two attached hydrogens (primary N) is 1. The van der Waals surface area contributed by atoms with Crippen molar-refractivity contribution in [2.75, 3.05) is 17.3 Å². The van der Waals surface area contributed by atoms with Gasteiger partial charge in [0.2, 0.25) is 0 Å². The van der Waals surface area contributed by atoms with Gasteiger partial charge in [-0.25, -0.2) is 20.8 Å². The lowest BCUT2D eigenvalue weighted by atomic mass is 10.0. The highest BCUT2D eigenvalue weighted by atomic mass is 15.3. The first-order valence-corrected chi connectivity index (χ1v) is 6.51. The average molecular weight is 276 g/mol. The number of hydrogen-bond acceptors (Lipinski definition) is 7. The van der Waals surface area contributed by atoms with Crippen LogP contribution in [0.4, 0.5) is 11.6 Å². The molecule has 2 aromatic rings. The predicted molar refractivity (Wildman–Crippen MR) is 77.1 cm³/mol. The zero-order chi connectivity index (χ0) is 14.5. The van der Waals surface area contributed by atoms with Crippen LogP contribution in [0.15, 0.2) is 12.7 Å². The first kappa shape index (κ1) is 14.2. The fourth-order valence-corrected chi connectivity index (χ4v) is 1.99. The lowest BCUT2D eigenvalue weighted by Crippen LogP contribution is -2.16. The van der Waals surface area contributed by atoms with Crippen LogP contribution in [0.2, 0.25) is 0 Å². The molecule has 0 unspecified atom stereocenters. The minimum Gasteiger partial charge on any atom is -0.369 e. The first-order chi connectivity index (χ1) is 9.61. The summed E-state index contributed by atoms with van der Waals surface area (Å²) in [5.74, 6) is 7.99. The van der Waals surface area contributed by atoms with Gasteiger partial charge in [-0.3, -0.25) is 4.68 Å². The molecule has 0 aliphatic rings. The molecule has 20 heavy (non-hydrogen) atoms. The van der Waals surface area contributed by atoms with Crippen molar-refractivity contribution < 1.29 is 0 Å². The van der Waals surface area contributed by atoms with Gasteiger partial charge in [-0.15, -0.1) is 0 Å². The third kappa shape index (κ3) is 3.21. The Morgan fingerprint density at radius 2 is 2.00 bits per heavy atom. The van der Waals surface area contributed by atoms with Gasteiger partial charge < -0.3 is 10.7 Å². The van der Waals surface area contributed by atoms with Crippen LogP contribution < -0.4 is 16.6 Å². The molecular formula is C12H20N8. The van der Waals surface area contributed by atoms with Gasteiger partial charge in [0.1, 0.15) is 24.3 Å². The predicted octanol–water partition coefficient (Wildman–Crippen LogP) is 0.669. The monoisotopic (exact) mass is 276 g/mol. The van der Waals surface area contributed by atoms with Crippen LogP contribution in [-0.2, 0) is 13.5 Å². The third-order valence-corrected chi connectivity index (χ3v) is 2.89. The molecule has 0 aliphatic carbocycles. The molecule has 0 amide bonds. The second-order valence-corrected chi connectivity index (χ2v) is 4.79. The number of nitrogens with one attached hydrogen (secondary N) is 2. The van der Waals surface area contributed by atoms with E-state index in [1.807, 2.05) is 7.05 Å².